The maximum Gasteiger partial charge on any atom is 0.130 e. The molecule has 0 radical (unpaired) electrons. The lowest BCUT2D eigenvalue weighted by atomic mass is 10.0. The quantitative estimate of drug-likeness (QED) is 0.762. The topological polar surface area (TPSA) is 35.2 Å². The van der Waals surface area contributed by atoms with Crippen LogP contribution in [0.4, 0.5) is 5.69 Å². The second-order valence-electron chi connectivity index (χ2n) is 5.41. The van der Waals surface area contributed by atoms with Crippen molar-refractivity contribution in [1.29, 1.82) is 0 Å². The number of halogens is 1. The first-order valence-electron chi connectivity index (χ1n) is 6.72. The second kappa shape index (κ2) is 5.76. The SMILES string of the molecule is Cc1cc(Oc2cc(C(C)C)c(Cl)cc2C)ccc1N. The molecule has 0 unspecified atom stereocenters. The largest absolute Gasteiger partial charge is 0.457 e. The Morgan fingerprint density at radius 2 is 1.75 bits per heavy atom. The predicted molar refractivity (Wildman–Crippen MR) is 85.9 cm³/mol. The van der Waals surface area contributed by atoms with Crippen LogP contribution >= 0.6 is 11.6 Å². The summed E-state index contributed by atoms with van der Waals surface area (Å²) < 4.78 is 5.98. The van der Waals surface area contributed by atoms with Gasteiger partial charge >= 0.3 is 0 Å². The van der Waals surface area contributed by atoms with Crippen LogP contribution < -0.4 is 10.5 Å². The number of anilines is 1. The van der Waals surface area contributed by atoms with E-state index in [1.807, 2.05) is 44.2 Å². The number of nitrogen functional groups attached to an aromatic ring is 1. The van der Waals surface area contributed by atoms with Crippen LogP contribution in [0.5, 0.6) is 11.5 Å². The standard InChI is InChI=1S/C17H20ClNO/c1-10(2)14-9-17(12(4)8-15(14)18)20-13-5-6-16(19)11(3)7-13/h5-10H,19H2,1-4H3. The fourth-order valence-corrected chi connectivity index (χ4v) is 2.50. The highest BCUT2D eigenvalue weighted by atomic mass is 35.5. The molecule has 0 fully saturated rings. The van der Waals surface area contributed by atoms with Gasteiger partial charge in [0.25, 0.3) is 0 Å². The molecule has 0 atom stereocenters. The van der Waals surface area contributed by atoms with Crippen molar-refractivity contribution in [2.75, 3.05) is 5.73 Å². The van der Waals surface area contributed by atoms with Crippen LogP contribution in [0.1, 0.15) is 36.5 Å². The Morgan fingerprint density at radius 1 is 1.05 bits per heavy atom. The first-order chi connectivity index (χ1) is 9.38. The van der Waals surface area contributed by atoms with Crippen molar-refractivity contribution in [2.45, 2.75) is 33.6 Å². The number of hydrogen-bond donors (Lipinski definition) is 1. The molecule has 0 heterocycles. The van der Waals surface area contributed by atoms with Crippen LogP contribution in [-0.2, 0) is 0 Å². The first kappa shape index (κ1) is 14.7. The van der Waals surface area contributed by atoms with E-state index in [1.165, 1.54) is 0 Å². The van der Waals surface area contributed by atoms with E-state index in [0.717, 1.165) is 38.9 Å². The maximum absolute atomic E-state index is 6.27. The second-order valence-corrected chi connectivity index (χ2v) is 5.82. The molecule has 2 rings (SSSR count). The third-order valence-electron chi connectivity index (χ3n) is 3.39. The number of aryl methyl sites for hydroxylation is 2. The summed E-state index contributed by atoms with van der Waals surface area (Å²) in [5, 5.41) is 0.790. The van der Waals surface area contributed by atoms with Crippen LogP contribution in [0.25, 0.3) is 0 Å². The molecule has 0 aliphatic carbocycles. The lowest BCUT2D eigenvalue weighted by molar-refractivity contribution is 0.477. The maximum atomic E-state index is 6.27. The van der Waals surface area contributed by atoms with E-state index in [9.17, 15) is 0 Å². The molecule has 106 valence electrons. The van der Waals surface area contributed by atoms with E-state index in [0.29, 0.717) is 5.92 Å². The smallest absolute Gasteiger partial charge is 0.130 e. The van der Waals surface area contributed by atoms with Gasteiger partial charge in [0.15, 0.2) is 0 Å². The Hall–Kier alpha value is -1.67. The number of rotatable bonds is 3. The summed E-state index contributed by atoms with van der Waals surface area (Å²) in [6.45, 7) is 8.20. The lowest BCUT2D eigenvalue weighted by Gasteiger charge is -2.15. The molecule has 0 amide bonds. The molecular weight excluding hydrogens is 270 g/mol. The monoisotopic (exact) mass is 289 g/mol. The minimum Gasteiger partial charge on any atom is -0.457 e. The van der Waals surface area contributed by atoms with Crippen LogP contribution in [-0.4, -0.2) is 0 Å². The number of ether oxygens (including phenoxy) is 1. The van der Waals surface area contributed by atoms with E-state index in [1.54, 1.807) is 0 Å². The molecule has 0 bridgehead atoms. The van der Waals surface area contributed by atoms with Crippen molar-refractivity contribution in [3.8, 4) is 11.5 Å². The van der Waals surface area contributed by atoms with E-state index in [2.05, 4.69) is 13.8 Å². The Labute approximate surface area is 125 Å². The summed E-state index contributed by atoms with van der Waals surface area (Å²) >= 11 is 6.27. The van der Waals surface area contributed by atoms with Gasteiger partial charge in [-0.25, -0.2) is 0 Å². The van der Waals surface area contributed by atoms with Crippen LogP contribution in [0.2, 0.25) is 5.02 Å². The molecule has 20 heavy (non-hydrogen) atoms. The van der Waals surface area contributed by atoms with Gasteiger partial charge in [-0.15, -0.1) is 0 Å². The van der Waals surface area contributed by atoms with Gasteiger partial charge in [-0.1, -0.05) is 25.4 Å². The highest BCUT2D eigenvalue weighted by Gasteiger charge is 2.11. The minimum atomic E-state index is 0.360. The number of nitrogens with two attached hydrogens (primary N) is 1. The molecule has 0 aliphatic heterocycles. The fourth-order valence-electron chi connectivity index (χ4n) is 2.06. The van der Waals surface area contributed by atoms with Gasteiger partial charge in [-0.05, 0) is 66.8 Å². The van der Waals surface area contributed by atoms with Gasteiger partial charge in [0, 0.05) is 10.7 Å². The average molecular weight is 290 g/mol. The summed E-state index contributed by atoms with van der Waals surface area (Å²) in [5.74, 6) is 1.98. The molecule has 2 N–H and O–H groups in total. The fraction of sp³-hybridized carbons (Fsp3) is 0.294. The van der Waals surface area contributed by atoms with Crippen LogP contribution in [0, 0.1) is 13.8 Å². The van der Waals surface area contributed by atoms with Gasteiger partial charge in [0.05, 0.1) is 0 Å². The lowest BCUT2D eigenvalue weighted by Crippen LogP contribution is -1.95. The predicted octanol–water partition coefficient (Wildman–Crippen LogP) is 5.45. The van der Waals surface area contributed by atoms with Gasteiger partial charge in [-0.3, -0.25) is 0 Å². The van der Waals surface area contributed by atoms with Crippen molar-refractivity contribution in [3.63, 3.8) is 0 Å². The molecule has 0 aliphatic rings. The summed E-state index contributed by atoms with van der Waals surface area (Å²) in [7, 11) is 0. The van der Waals surface area contributed by atoms with Crippen molar-refractivity contribution >= 4 is 17.3 Å². The number of hydrogen-bond acceptors (Lipinski definition) is 2. The Morgan fingerprint density at radius 3 is 2.35 bits per heavy atom. The van der Waals surface area contributed by atoms with Gasteiger partial charge in [0.2, 0.25) is 0 Å². The third kappa shape index (κ3) is 3.07. The van der Waals surface area contributed by atoms with Crippen molar-refractivity contribution in [3.05, 3.63) is 52.0 Å². The zero-order chi connectivity index (χ0) is 14.9. The van der Waals surface area contributed by atoms with Crippen LogP contribution in [0.15, 0.2) is 30.3 Å². The van der Waals surface area contributed by atoms with E-state index in [4.69, 9.17) is 22.1 Å². The van der Waals surface area contributed by atoms with Gasteiger partial charge in [-0.2, -0.15) is 0 Å². The molecule has 0 spiro atoms. The zero-order valence-corrected chi connectivity index (χ0v) is 13.1. The van der Waals surface area contributed by atoms with E-state index in [-0.39, 0.29) is 0 Å². The van der Waals surface area contributed by atoms with Gasteiger partial charge in [0.1, 0.15) is 11.5 Å². The molecule has 2 aromatic carbocycles. The molecule has 0 saturated heterocycles. The highest BCUT2D eigenvalue weighted by Crippen LogP contribution is 2.34. The Balaban J connectivity index is 2.37. The summed E-state index contributed by atoms with van der Waals surface area (Å²) in [4.78, 5) is 0. The molecule has 2 aromatic rings. The average Bonchev–Trinajstić information content (AvgIpc) is 2.36. The van der Waals surface area contributed by atoms with E-state index >= 15 is 0 Å². The van der Waals surface area contributed by atoms with Crippen molar-refractivity contribution in [2.24, 2.45) is 0 Å². The molecule has 2 nitrogen and oxygen atoms in total. The summed E-state index contributed by atoms with van der Waals surface area (Å²) in [5.41, 5.74) is 9.73. The molecule has 3 heteroatoms. The van der Waals surface area contributed by atoms with E-state index < -0.39 is 0 Å². The molecule has 0 aromatic heterocycles. The van der Waals surface area contributed by atoms with Crippen LogP contribution in [0.3, 0.4) is 0 Å². The molecule has 0 saturated carbocycles. The molecular formula is C17H20ClNO. The van der Waals surface area contributed by atoms with Gasteiger partial charge < -0.3 is 10.5 Å². The number of benzene rings is 2. The summed E-state index contributed by atoms with van der Waals surface area (Å²) in [6, 6.07) is 9.66. The first-order valence-corrected chi connectivity index (χ1v) is 7.10. The summed E-state index contributed by atoms with van der Waals surface area (Å²) in [6.07, 6.45) is 0. The Bertz CT molecular complexity index is 635. The highest BCUT2D eigenvalue weighted by molar-refractivity contribution is 6.31. The van der Waals surface area contributed by atoms with Crippen molar-refractivity contribution < 1.29 is 4.74 Å². The van der Waals surface area contributed by atoms with Crippen molar-refractivity contribution in [1.82, 2.24) is 0 Å². The minimum absolute atomic E-state index is 0.360. The Kier molecular flexibility index (Phi) is 4.24. The zero-order valence-electron chi connectivity index (χ0n) is 12.3. The third-order valence-corrected chi connectivity index (χ3v) is 3.71. The normalized spacial score (nSPS) is 10.9.